The molecule has 23 heavy (non-hydrogen) atoms. The van der Waals surface area contributed by atoms with Gasteiger partial charge in [0.25, 0.3) is 6.01 Å². The fourth-order valence-corrected chi connectivity index (χ4v) is 2.11. The van der Waals surface area contributed by atoms with Gasteiger partial charge in [-0.2, -0.15) is 0 Å². The van der Waals surface area contributed by atoms with Crippen LogP contribution in [0.5, 0.6) is 11.5 Å². The van der Waals surface area contributed by atoms with Gasteiger partial charge in [-0.1, -0.05) is 30.3 Å². The minimum atomic E-state index is 0. The van der Waals surface area contributed by atoms with E-state index in [0.717, 1.165) is 11.3 Å². The molecule has 6 heteroatoms. The maximum absolute atomic E-state index is 5.71. The van der Waals surface area contributed by atoms with Crippen molar-refractivity contribution in [2.24, 2.45) is 0 Å². The number of rotatable bonds is 5. The van der Waals surface area contributed by atoms with Crippen LogP contribution in [0.2, 0.25) is 0 Å². The summed E-state index contributed by atoms with van der Waals surface area (Å²) in [5.41, 5.74) is 1.79. The monoisotopic (exact) mass is 332 g/mol. The molecule has 0 saturated carbocycles. The molecule has 0 aliphatic carbocycles. The Morgan fingerprint density at radius 3 is 2.39 bits per heavy atom. The van der Waals surface area contributed by atoms with E-state index in [-0.39, 0.29) is 12.4 Å². The van der Waals surface area contributed by atoms with E-state index < -0.39 is 0 Å². The van der Waals surface area contributed by atoms with Crippen molar-refractivity contribution in [1.82, 2.24) is 4.98 Å². The van der Waals surface area contributed by atoms with Crippen LogP contribution >= 0.6 is 12.4 Å². The molecule has 120 valence electrons. The minimum absolute atomic E-state index is 0. The van der Waals surface area contributed by atoms with E-state index in [1.807, 2.05) is 48.5 Å². The molecule has 0 radical (unpaired) electrons. The van der Waals surface area contributed by atoms with Crippen molar-refractivity contribution in [3.63, 3.8) is 0 Å². The quantitative estimate of drug-likeness (QED) is 0.744. The molecule has 0 spiro atoms. The van der Waals surface area contributed by atoms with Crippen LogP contribution in [0.15, 0.2) is 59.1 Å². The smallest absolute Gasteiger partial charge is 0.299 e. The molecule has 0 bridgehead atoms. The Morgan fingerprint density at radius 1 is 0.957 bits per heavy atom. The van der Waals surface area contributed by atoms with Crippen LogP contribution in [-0.2, 0) is 0 Å². The van der Waals surface area contributed by atoms with Gasteiger partial charge in [0.05, 0.1) is 20.4 Å². The van der Waals surface area contributed by atoms with Gasteiger partial charge in [0, 0.05) is 17.3 Å². The highest BCUT2D eigenvalue weighted by Crippen LogP contribution is 2.31. The zero-order valence-electron chi connectivity index (χ0n) is 12.8. The van der Waals surface area contributed by atoms with E-state index in [2.05, 4.69) is 10.3 Å². The lowest BCUT2D eigenvalue weighted by atomic mass is 10.2. The summed E-state index contributed by atoms with van der Waals surface area (Å²) in [5.74, 6) is 2.02. The predicted octanol–water partition coefficient (Wildman–Crippen LogP) is 4.52. The second-order valence-corrected chi connectivity index (χ2v) is 4.59. The lowest BCUT2D eigenvalue weighted by molar-refractivity contribution is 0.355. The van der Waals surface area contributed by atoms with Crippen LogP contribution in [0.3, 0.4) is 0 Å². The molecule has 0 aliphatic heterocycles. The van der Waals surface area contributed by atoms with E-state index in [1.54, 1.807) is 20.4 Å². The lowest BCUT2D eigenvalue weighted by Crippen LogP contribution is -1.94. The zero-order chi connectivity index (χ0) is 15.4. The molecule has 0 atom stereocenters. The Bertz CT molecular complexity index is 760. The number of nitrogens with one attached hydrogen (secondary N) is 1. The third-order valence-electron chi connectivity index (χ3n) is 3.20. The molecule has 2 aromatic carbocycles. The maximum Gasteiger partial charge on any atom is 0.299 e. The Labute approximate surface area is 140 Å². The minimum Gasteiger partial charge on any atom is -0.493 e. The molecule has 0 amide bonds. The number of halogens is 1. The molecule has 5 nitrogen and oxygen atoms in total. The average Bonchev–Trinajstić information content (AvgIpc) is 3.04. The number of methoxy groups -OCH3 is 2. The SMILES string of the molecule is COc1ccc(Nc2ncc(-c3ccccc3)o2)cc1OC.Cl. The number of oxazole rings is 1. The van der Waals surface area contributed by atoms with Crippen LogP contribution in [0.25, 0.3) is 11.3 Å². The zero-order valence-corrected chi connectivity index (χ0v) is 13.6. The van der Waals surface area contributed by atoms with Crippen molar-refractivity contribution in [2.45, 2.75) is 0 Å². The van der Waals surface area contributed by atoms with Crippen LogP contribution < -0.4 is 14.8 Å². The Kier molecular flexibility index (Phi) is 5.49. The first kappa shape index (κ1) is 16.7. The number of anilines is 2. The highest BCUT2D eigenvalue weighted by atomic mass is 35.5. The second-order valence-electron chi connectivity index (χ2n) is 4.59. The number of nitrogens with zero attached hydrogens (tertiary/aromatic N) is 1. The fraction of sp³-hybridized carbons (Fsp3) is 0.118. The number of hydrogen-bond acceptors (Lipinski definition) is 5. The third kappa shape index (κ3) is 3.76. The van der Waals surface area contributed by atoms with Crippen molar-refractivity contribution >= 4 is 24.1 Å². The molecule has 0 saturated heterocycles. The van der Waals surface area contributed by atoms with E-state index in [1.165, 1.54) is 0 Å². The van der Waals surface area contributed by atoms with Gasteiger partial charge in [0.15, 0.2) is 17.3 Å². The van der Waals surface area contributed by atoms with Gasteiger partial charge in [0.2, 0.25) is 0 Å². The summed E-state index contributed by atoms with van der Waals surface area (Å²) < 4.78 is 16.2. The predicted molar refractivity (Wildman–Crippen MR) is 92.0 cm³/mol. The van der Waals surface area contributed by atoms with E-state index >= 15 is 0 Å². The topological polar surface area (TPSA) is 56.5 Å². The number of benzene rings is 2. The first-order valence-corrected chi connectivity index (χ1v) is 6.80. The molecule has 3 rings (SSSR count). The van der Waals surface area contributed by atoms with Gasteiger partial charge in [-0.15, -0.1) is 12.4 Å². The van der Waals surface area contributed by atoms with Crippen molar-refractivity contribution in [3.8, 4) is 22.8 Å². The van der Waals surface area contributed by atoms with Gasteiger partial charge in [-0.05, 0) is 12.1 Å². The normalized spacial score (nSPS) is 9.83. The van der Waals surface area contributed by atoms with E-state index in [0.29, 0.717) is 23.3 Å². The molecule has 1 aromatic heterocycles. The van der Waals surface area contributed by atoms with Crippen molar-refractivity contribution in [3.05, 3.63) is 54.7 Å². The summed E-state index contributed by atoms with van der Waals surface area (Å²) in [6.07, 6.45) is 1.69. The van der Waals surface area contributed by atoms with Gasteiger partial charge >= 0.3 is 0 Å². The van der Waals surface area contributed by atoms with Crippen LogP contribution in [-0.4, -0.2) is 19.2 Å². The van der Waals surface area contributed by atoms with Crippen molar-refractivity contribution in [1.29, 1.82) is 0 Å². The van der Waals surface area contributed by atoms with E-state index in [4.69, 9.17) is 13.9 Å². The maximum atomic E-state index is 5.71. The molecular formula is C17H17ClN2O3. The number of hydrogen-bond donors (Lipinski definition) is 1. The third-order valence-corrected chi connectivity index (χ3v) is 3.20. The Morgan fingerprint density at radius 2 is 1.70 bits per heavy atom. The highest BCUT2D eigenvalue weighted by Gasteiger charge is 2.08. The standard InChI is InChI=1S/C17H16N2O3.ClH/c1-20-14-9-8-13(10-15(14)21-2)19-17-18-11-16(22-17)12-6-4-3-5-7-12;/h3-11H,1-2H3,(H,18,19);1H. The van der Waals surface area contributed by atoms with Crippen molar-refractivity contribution < 1.29 is 13.9 Å². The summed E-state index contributed by atoms with van der Waals surface area (Å²) in [7, 11) is 3.20. The molecule has 0 unspecified atom stereocenters. The summed E-state index contributed by atoms with van der Waals surface area (Å²) >= 11 is 0. The second kappa shape index (κ2) is 7.56. The number of aromatic nitrogens is 1. The summed E-state index contributed by atoms with van der Waals surface area (Å²) in [5, 5.41) is 3.11. The summed E-state index contributed by atoms with van der Waals surface area (Å²) in [6.45, 7) is 0. The Balaban J connectivity index is 0.00000192. The molecule has 0 aliphatic rings. The van der Waals surface area contributed by atoms with E-state index in [9.17, 15) is 0 Å². The van der Waals surface area contributed by atoms with Gasteiger partial charge in [-0.3, -0.25) is 0 Å². The fourth-order valence-electron chi connectivity index (χ4n) is 2.11. The van der Waals surface area contributed by atoms with Crippen LogP contribution in [0.1, 0.15) is 0 Å². The lowest BCUT2D eigenvalue weighted by Gasteiger charge is -2.09. The first-order valence-electron chi connectivity index (χ1n) is 6.80. The number of ether oxygens (including phenoxy) is 2. The molecular weight excluding hydrogens is 316 g/mol. The van der Waals surface area contributed by atoms with Crippen LogP contribution in [0.4, 0.5) is 11.7 Å². The Hall–Kier alpha value is -2.66. The molecule has 1 heterocycles. The molecule has 1 N–H and O–H groups in total. The van der Waals surface area contributed by atoms with Crippen LogP contribution in [0, 0.1) is 0 Å². The summed E-state index contributed by atoms with van der Waals surface area (Å²) in [6, 6.07) is 15.8. The van der Waals surface area contributed by atoms with Gasteiger partial charge in [-0.25, -0.2) is 4.98 Å². The first-order chi connectivity index (χ1) is 10.8. The molecule has 0 fully saturated rings. The van der Waals surface area contributed by atoms with Gasteiger partial charge in [0.1, 0.15) is 0 Å². The van der Waals surface area contributed by atoms with Gasteiger partial charge < -0.3 is 19.2 Å². The van der Waals surface area contributed by atoms with Crippen molar-refractivity contribution in [2.75, 3.05) is 19.5 Å². The highest BCUT2D eigenvalue weighted by molar-refractivity contribution is 5.85. The molecule has 3 aromatic rings. The summed E-state index contributed by atoms with van der Waals surface area (Å²) in [4.78, 5) is 4.24. The largest absolute Gasteiger partial charge is 0.493 e. The average molecular weight is 333 g/mol.